The minimum atomic E-state index is -2.14. The zero-order valence-electron chi connectivity index (χ0n) is 80.5. The maximum absolute atomic E-state index is 13.8. The van der Waals surface area contributed by atoms with E-state index < -0.39 is 5.60 Å². The second kappa shape index (κ2) is 35.2. The molecule has 10 heterocycles. The van der Waals surface area contributed by atoms with Crippen LogP contribution in [0.15, 0.2) is 212 Å². The van der Waals surface area contributed by atoms with Crippen LogP contribution in [0.4, 0.5) is 0 Å². The minimum absolute atomic E-state index is 0. The van der Waals surface area contributed by atoms with Gasteiger partial charge in [-0.25, -0.2) is 19.9 Å². The molecule has 1 atom stereocenters. The summed E-state index contributed by atoms with van der Waals surface area (Å²) in [7, 11) is 0. The van der Waals surface area contributed by atoms with Crippen molar-refractivity contribution in [3.05, 3.63) is 319 Å². The molecule has 17 rings (SSSR count). The van der Waals surface area contributed by atoms with E-state index in [9.17, 15) is 5.11 Å². The summed E-state index contributed by atoms with van der Waals surface area (Å²) in [6.45, 7) is 54.4. The van der Waals surface area contributed by atoms with Crippen molar-refractivity contribution >= 4 is 92.7 Å². The van der Waals surface area contributed by atoms with Gasteiger partial charge in [-0.05, 0) is 227 Å². The predicted octanol–water partition coefficient (Wildman–Crippen LogP) is 28.8. The van der Waals surface area contributed by atoms with Crippen LogP contribution in [-0.4, -0.2) is 25.0 Å². The molecule has 4 aliphatic heterocycles. The van der Waals surface area contributed by atoms with Crippen molar-refractivity contribution in [3.63, 3.8) is 0 Å². The molecule has 9 nitrogen and oxygen atoms in total. The fourth-order valence-electron chi connectivity index (χ4n) is 17.2. The third-order valence-electron chi connectivity index (χ3n) is 25.2. The zero-order chi connectivity index (χ0) is 92.3. The second-order valence-corrected chi connectivity index (χ2v) is 43.5. The van der Waals surface area contributed by atoms with Gasteiger partial charge in [0.25, 0.3) is 0 Å². The van der Waals surface area contributed by atoms with E-state index in [-0.39, 0.29) is 76.3 Å². The van der Waals surface area contributed by atoms with Crippen molar-refractivity contribution in [2.75, 3.05) is 0 Å². The molecule has 13 aromatic rings. The number of fused-ring (bicyclic) bond motifs is 16. The molecule has 0 aliphatic carbocycles. The van der Waals surface area contributed by atoms with E-state index >= 15 is 0 Å². The topological polar surface area (TPSA) is 128 Å². The van der Waals surface area contributed by atoms with Gasteiger partial charge in [-0.1, -0.05) is 390 Å². The molecule has 0 saturated carbocycles. The Balaban J connectivity index is 0.00000666. The summed E-state index contributed by atoms with van der Waals surface area (Å²) in [6, 6.07) is 74.9. The summed E-state index contributed by atoms with van der Waals surface area (Å²) in [4.78, 5) is 45.6. The van der Waals surface area contributed by atoms with Crippen molar-refractivity contribution < 1.29 is 38.1 Å². The monoisotopic (exact) mass is 1810 g/mol. The van der Waals surface area contributed by atoms with Crippen LogP contribution in [0.5, 0.6) is 0 Å². The smallest absolute Gasteiger partial charge is 0.657 e. The van der Waals surface area contributed by atoms with E-state index in [0.29, 0.717) is 61.5 Å². The Morgan fingerprint density at radius 3 is 0.682 bits per heavy atom. The molecular formula is C121H116N8Ni2O. The normalized spacial score (nSPS) is 13.3. The van der Waals surface area contributed by atoms with Gasteiger partial charge in [0, 0.05) is 16.7 Å². The Bertz CT molecular complexity index is 7210. The first-order valence-electron chi connectivity index (χ1n) is 45.5. The van der Waals surface area contributed by atoms with Gasteiger partial charge in [0.05, 0.1) is 45.6 Å². The molecule has 0 fully saturated rings. The number of hydrogen-bond acceptors (Lipinski definition) is 5. The van der Waals surface area contributed by atoms with Crippen molar-refractivity contribution in [1.29, 1.82) is 0 Å². The van der Waals surface area contributed by atoms with Gasteiger partial charge >= 0.3 is 33.0 Å². The molecule has 1 N–H and O–H groups in total. The van der Waals surface area contributed by atoms with E-state index in [1.165, 1.54) is 44.5 Å². The molecular weight excluding hydrogens is 1700 g/mol. The summed E-state index contributed by atoms with van der Waals surface area (Å²) in [6.07, 6.45) is 16.7. The molecule has 0 spiro atoms. The van der Waals surface area contributed by atoms with Crippen LogP contribution in [0.1, 0.15) is 273 Å². The molecule has 7 aromatic carbocycles. The summed E-state index contributed by atoms with van der Waals surface area (Å²) in [5, 5.41) is 13.8. The molecule has 0 radical (unpaired) electrons. The number of nitrogens with zero attached hydrogens (tertiary/aromatic N) is 8. The first kappa shape index (κ1) is 94.0. The molecule has 132 heavy (non-hydrogen) atoms. The number of aromatic nitrogens is 8. The Hall–Kier alpha value is -12.6. The maximum Gasteiger partial charge on any atom is 2.00 e. The van der Waals surface area contributed by atoms with Crippen LogP contribution >= 0.6 is 0 Å². The molecule has 0 amide bonds. The third-order valence-corrected chi connectivity index (χ3v) is 25.2. The quantitative estimate of drug-likeness (QED) is 0.123. The Kier molecular flexibility index (Phi) is 25.0. The van der Waals surface area contributed by atoms with Crippen LogP contribution in [0.25, 0.3) is 160 Å². The van der Waals surface area contributed by atoms with Crippen LogP contribution in [0, 0.1) is 35.5 Å². The van der Waals surface area contributed by atoms with E-state index in [4.69, 9.17) is 39.9 Å². The fourth-order valence-corrected chi connectivity index (χ4v) is 17.2. The molecule has 6 aromatic heterocycles. The molecule has 1 unspecified atom stereocenters. The molecule has 4 aliphatic rings. The van der Waals surface area contributed by atoms with Gasteiger partial charge in [0.15, 0.2) is 0 Å². The third kappa shape index (κ3) is 19.2. The van der Waals surface area contributed by atoms with Gasteiger partial charge < -0.3 is 25.0 Å². The van der Waals surface area contributed by atoms with Crippen LogP contribution in [0.2, 0.25) is 0 Å². The van der Waals surface area contributed by atoms with Gasteiger partial charge in [-0.2, -0.15) is 0 Å². The van der Waals surface area contributed by atoms with Crippen molar-refractivity contribution in [1.82, 2.24) is 39.9 Å². The fraction of sp³-hybridized carbons (Fsp3) is 0.273. The van der Waals surface area contributed by atoms with Crippen LogP contribution in [0.3, 0.4) is 0 Å². The van der Waals surface area contributed by atoms with Gasteiger partial charge in [-0.15, -0.1) is 44.1 Å². The second-order valence-electron chi connectivity index (χ2n) is 43.5. The van der Waals surface area contributed by atoms with Crippen LogP contribution in [-0.2, 0) is 81.9 Å². The van der Waals surface area contributed by atoms with E-state index in [1.807, 2.05) is 66.7 Å². The van der Waals surface area contributed by atoms with Crippen LogP contribution < -0.4 is 19.9 Å². The van der Waals surface area contributed by atoms with Gasteiger partial charge in [0.2, 0.25) is 5.60 Å². The largest absolute Gasteiger partial charge is 2.00 e. The maximum atomic E-state index is 13.8. The van der Waals surface area contributed by atoms with Crippen molar-refractivity contribution in [3.8, 4) is 102 Å². The zero-order valence-corrected chi connectivity index (χ0v) is 82.5. The van der Waals surface area contributed by atoms with Gasteiger partial charge in [0.1, 0.15) is 0 Å². The molecule has 16 bridgehead atoms. The van der Waals surface area contributed by atoms with Crippen molar-refractivity contribution in [2.24, 2.45) is 0 Å². The molecule has 11 heteroatoms. The van der Waals surface area contributed by atoms with E-state index in [1.54, 1.807) is 0 Å². The minimum Gasteiger partial charge on any atom is -0.657 e. The van der Waals surface area contributed by atoms with E-state index in [0.717, 1.165) is 112 Å². The average Bonchev–Trinajstić information content (AvgIpc) is 1.58. The van der Waals surface area contributed by atoms with Crippen molar-refractivity contribution in [2.45, 2.75) is 215 Å². The van der Waals surface area contributed by atoms with E-state index in [2.05, 4.69) is 396 Å². The Morgan fingerprint density at radius 1 is 0.212 bits per heavy atom. The molecule has 0 saturated heterocycles. The standard InChI is InChI=1S/C121H116N8O.2Ni/c1-113(2,3)81-62-76(63-82(70-81)114(4,5)6)109-99-47-43-91(122-99)89(92-44-48-100(123-92)110(77-64-83(115(7,8)9)71-84(65-77)116(10,11)12)104-56-52-96(127-104)107(74-36-28-25-29-37-74)95-51-55-103(109)126-95)42-34-35-60-121(130,80-40-32-27-33-41-80)61-59-90-93-45-49-101(124-93)111(78-66-85(117(13,14)15)72-86(67-78)118(16,17)18)105-57-53-97(128-105)108(75-38-30-26-31-39-75)98-54-58-106(129-98)112(102-50-46-94(90)125-102)79-68-87(119(19,20)21)73-88(69-79)120(22,23)24;;/h25-33,36-41,43-58,62-73,130H,1-24H3;;/q-4;2*+2. The summed E-state index contributed by atoms with van der Waals surface area (Å²) < 4.78 is 0. The Morgan fingerprint density at radius 2 is 0.424 bits per heavy atom. The summed E-state index contributed by atoms with van der Waals surface area (Å²) >= 11 is 0. The first-order chi connectivity index (χ1) is 61.3. The summed E-state index contributed by atoms with van der Waals surface area (Å²) in [5.41, 5.74) is 29.5. The van der Waals surface area contributed by atoms with Gasteiger partial charge in [-0.3, -0.25) is 0 Å². The summed E-state index contributed by atoms with van der Waals surface area (Å²) in [5.74, 6) is 20.3. The number of hydrogen-bond donors (Lipinski definition) is 1. The average molecular weight is 1820 g/mol. The predicted molar refractivity (Wildman–Crippen MR) is 548 cm³/mol. The number of rotatable bonds is 7. The molecule has 666 valence electrons. The first-order valence-corrected chi connectivity index (χ1v) is 45.5. The SMILES string of the molecule is CC(C)(C)c1cc(-c2c3nc(c(-c4ccccc4)c4ccc([n-]4)c(-c4cc(C(C)(C)C)cc(C(C)(C)C)c4)c4nc(c(C#CC#CC(O)(C#Cc5c6nc(c(-c7cc(C(C)(C)C)cc(C(C)(C)C)c7)c7ccc([n-]7)c(-c7ccccc7)c7nc(c(-c8cc(C(C)(C)C)cc(C(C)(C)C)c8)c8ccc5[n-]8)C=C7)C=C6)c5ccccc5)c5ccc2[n-]5)C=C4)C=C3)cc(C(C)(C)C)c1.[Ni+2].[Ni+2]. The number of benzene rings is 7. The number of aliphatic hydroxyl groups is 1. The Labute approximate surface area is 801 Å².